The van der Waals surface area contributed by atoms with Gasteiger partial charge in [-0.25, -0.2) is 0 Å². The molecule has 1 fully saturated rings. The molecular weight excluding hydrogens is 390 g/mol. The van der Waals surface area contributed by atoms with Crippen molar-refractivity contribution >= 4 is 23.9 Å². The molecule has 0 N–H and O–H groups in total. The third-order valence-corrected chi connectivity index (χ3v) is 3.63. The molecule has 5 atom stereocenters. The van der Waals surface area contributed by atoms with Gasteiger partial charge in [-0.15, -0.1) is 0 Å². The van der Waals surface area contributed by atoms with Crippen LogP contribution >= 0.6 is 0 Å². The van der Waals surface area contributed by atoms with Gasteiger partial charge in [-0.3, -0.25) is 19.2 Å². The Balaban J connectivity index is 3.38. The van der Waals surface area contributed by atoms with E-state index in [9.17, 15) is 24.4 Å². The number of esters is 4. The molecule has 1 unspecified atom stereocenters. The summed E-state index contributed by atoms with van der Waals surface area (Å²) in [4.78, 5) is 46.1. The van der Waals surface area contributed by atoms with E-state index in [-0.39, 0.29) is 6.61 Å². The number of hydrogen-bond donors (Lipinski definition) is 0. The molecule has 1 rings (SSSR count). The lowest BCUT2D eigenvalue weighted by Gasteiger charge is -2.45. The summed E-state index contributed by atoms with van der Waals surface area (Å²) < 4.78 is 32.0. The average molecular weight is 415 g/mol. The van der Waals surface area contributed by atoms with E-state index < -0.39 is 60.2 Å². The lowest BCUT2D eigenvalue weighted by Crippen LogP contribution is -2.63. The van der Waals surface area contributed by atoms with Crippen LogP contribution in [-0.2, 0) is 47.6 Å². The fourth-order valence-corrected chi connectivity index (χ4v) is 2.60. The number of rotatable bonds is 7. The van der Waals surface area contributed by atoms with E-state index in [1.165, 1.54) is 20.8 Å². The Hall–Kier alpha value is -2.71. The van der Waals surface area contributed by atoms with E-state index >= 15 is 0 Å². The molecule has 0 saturated carbocycles. The lowest BCUT2D eigenvalue weighted by atomic mass is 9.97. The number of ether oxygens (including phenoxy) is 6. The molecule has 0 amide bonds. The fourth-order valence-electron chi connectivity index (χ4n) is 2.60. The van der Waals surface area contributed by atoms with E-state index in [1.807, 2.05) is 6.07 Å². The second-order valence-corrected chi connectivity index (χ2v) is 6.81. The number of nitriles is 1. The molecule has 0 aromatic heterocycles. The van der Waals surface area contributed by atoms with Crippen molar-refractivity contribution < 1.29 is 47.6 Å². The predicted molar refractivity (Wildman–Crippen MR) is 92.7 cm³/mol. The highest BCUT2D eigenvalue weighted by Gasteiger charge is 2.53. The summed E-state index contributed by atoms with van der Waals surface area (Å²) in [7, 11) is 0. The van der Waals surface area contributed by atoms with Gasteiger partial charge in [0.15, 0.2) is 23.9 Å². The standard InChI is InChI=1S/C18H25NO10/c1-9(20)24-7-13-14(25-10(2)21)15(26-11(3)22)16(27-12(4)23)17(28-13)29-18(5,6)8-19/h13-17H,7H2,1-6H3/t13?,14-,15-,16-,17-/m0/s1. The summed E-state index contributed by atoms with van der Waals surface area (Å²) in [6.07, 6.45) is -6.48. The highest BCUT2D eigenvalue weighted by Crippen LogP contribution is 2.31. The minimum absolute atomic E-state index is 0.370. The molecule has 0 aromatic rings. The van der Waals surface area contributed by atoms with Crippen LogP contribution in [0.4, 0.5) is 0 Å². The molecule has 11 nitrogen and oxygen atoms in total. The first-order valence-corrected chi connectivity index (χ1v) is 8.76. The SMILES string of the molecule is CC(=O)OCC1O[C@@H](OC(C)(C)C#N)[C@@H](OC(C)=O)[C@@H](OC(C)=O)[C@H]1OC(C)=O. The first-order chi connectivity index (χ1) is 13.4. The molecule has 1 aliphatic rings. The van der Waals surface area contributed by atoms with Crippen molar-refractivity contribution in [2.24, 2.45) is 0 Å². The minimum Gasteiger partial charge on any atom is -0.463 e. The zero-order valence-corrected chi connectivity index (χ0v) is 17.1. The van der Waals surface area contributed by atoms with Gasteiger partial charge in [0.1, 0.15) is 12.7 Å². The predicted octanol–water partition coefficient (Wildman–Crippen LogP) is 0.388. The van der Waals surface area contributed by atoms with Crippen molar-refractivity contribution in [3.63, 3.8) is 0 Å². The summed E-state index contributed by atoms with van der Waals surface area (Å²) in [5.74, 6) is -2.87. The van der Waals surface area contributed by atoms with Gasteiger partial charge in [0.25, 0.3) is 0 Å². The number of hydrogen-bond acceptors (Lipinski definition) is 11. The first-order valence-electron chi connectivity index (χ1n) is 8.76. The van der Waals surface area contributed by atoms with Gasteiger partial charge in [0.2, 0.25) is 6.29 Å². The molecule has 0 aromatic carbocycles. The van der Waals surface area contributed by atoms with E-state index in [2.05, 4.69) is 0 Å². The van der Waals surface area contributed by atoms with Gasteiger partial charge < -0.3 is 28.4 Å². The van der Waals surface area contributed by atoms with Crippen LogP contribution in [0.1, 0.15) is 41.5 Å². The molecule has 0 spiro atoms. The Bertz CT molecular complexity index is 683. The third-order valence-electron chi connectivity index (χ3n) is 3.63. The van der Waals surface area contributed by atoms with Crippen LogP contribution in [0.3, 0.4) is 0 Å². The monoisotopic (exact) mass is 415 g/mol. The summed E-state index contributed by atoms with van der Waals surface area (Å²) in [6.45, 7) is 7.04. The molecule has 0 bridgehead atoms. The highest BCUT2D eigenvalue weighted by molar-refractivity contribution is 5.68. The maximum Gasteiger partial charge on any atom is 0.303 e. The summed E-state index contributed by atoms with van der Waals surface area (Å²) in [6, 6.07) is 1.91. The fraction of sp³-hybridized carbons (Fsp3) is 0.722. The van der Waals surface area contributed by atoms with Crippen molar-refractivity contribution in [3.05, 3.63) is 0 Å². The molecule has 162 valence electrons. The average Bonchev–Trinajstić information content (AvgIpc) is 2.57. The molecule has 29 heavy (non-hydrogen) atoms. The summed E-state index contributed by atoms with van der Waals surface area (Å²) in [5.41, 5.74) is -1.37. The topological polar surface area (TPSA) is 147 Å². The van der Waals surface area contributed by atoms with Gasteiger partial charge in [0.05, 0.1) is 6.07 Å². The minimum atomic E-state index is -1.38. The largest absolute Gasteiger partial charge is 0.463 e. The number of nitrogens with zero attached hydrogens (tertiary/aromatic N) is 1. The Kier molecular flexibility index (Phi) is 8.54. The van der Waals surface area contributed by atoms with Crippen molar-refractivity contribution in [1.82, 2.24) is 0 Å². The zero-order valence-electron chi connectivity index (χ0n) is 17.1. The lowest BCUT2D eigenvalue weighted by molar-refractivity contribution is -0.321. The van der Waals surface area contributed by atoms with Crippen molar-refractivity contribution in [2.75, 3.05) is 6.61 Å². The van der Waals surface area contributed by atoms with E-state index in [1.54, 1.807) is 0 Å². The van der Waals surface area contributed by atoms with Crippen LogP contribution in [-0.4, -0.2) is 66.8 Å². The Labute approximate surface area is 168 Å². The van der Waals surface area contributed by atoms with Gasteiger partial charge >= 0.3 is 23.9 Å². The molecule has 1 saturated heterocycles. The highest BCUT2D eigenvalue weighted by atomic mass is 16.7. The van der Waals surface area contributed by atoms with Crippen LogP contribution in [0, 0.1) is 11.3 Å². The molecule has 0 aliphatic carbocycles. The van der Waals surface area contributed by atoms with Gasteiger partial charge in [-0.05, 0) is 13.8 Å². The molecule has 1 heterocycles. The maximum absolute atomic E-state index is 11.7. The van der Waals surface area contributed by atoms with Crippen LogP contribution in [0.5, 0.6) is 0 Å². The van der Waals surface area contributed by atoms with Gasteiger partial charge in [-0.2, -0.15) is 5.26 Å². The first kappa shape index (κ1) is 24.3. The molecule has 11 heteroatoms. The number of carbonyl (C=O) groups excluding carboxylic acids is 4. The van der Waals surface area contributed by atoms with Gasteiger partial charge in [-0.1, -0.05) is 0 Å². The summed E-state index contributed by atoms with van der Waals surface area (Å²) >= 11 is 0. The Morgan fingerprint density at radius 3 is 1.79 bits per heavy atom. The number of carbonyl (C=O) groups is 4. The maximum atomic E-state index is 11.7. The molecular formula is C18H25NO10. The smallest absolute Gasteiger partial charge is 0.303 e. The Morgan fingerprint density at radius 2 is 1.34 bits per heavy atom. The van der Waals surface area contributed by atoms with E-state index in [4.69, 9.17) is 28.4 Å². The quantitative estimate of drug-likeness (QED) is 0.420. The zero-order chi connectivity index (χ0) is 22.4. The van der Waals surface area contributed by atoms with E-state index in [0.717, 1.165) is 20.8 Å². The van der Waals surface area contributed by atoms with Crippen LogP contribution in [0.15, 0.2) is 0 Å². The van der Waals surface area contributed by atoms with Crippen LogP contribution in [0.2, 0.25) is 0 Å². The molecule has 0 radical (unpaired) electrons. The second kappa shape index (κ2) is 10.2. The van der Waals surface area contributed by atoms with Crippen LogP contribution in [0.25, 0.3) is 0 Å². The van der Waals surface area contributed by atoms with Crippen molar-refractivity contribution in [1.29, 1.82) is 5.26 Å². The van der Waals surface area contributed by atoms with E-state index in [0.29, 0.717) is 0 Å². The third kappa shape index (κ3) is 7.67. The van der Waals surface area contributed by atoms with Crippen molar-refractivity contribution in [2.45, 2.75) is 77.8 Å². The van der Waals surface area contributed by atoms with Crippen LogP contribution < -0.4 is 0 Å². The van der Waals surface area contributed by atoms with Crippen molar-refractivity contribution in [3.8, 4) is 6.07 Å². The summed E-state index contributed by atoms with van der Waals surface area (Å²) in [5, 5.41) is 9.25. The molecule has 1 aliphatic heterocycles. The Morgan fingerprint density at radius 1 is 0.862 bits per heavy atom. The van der Waals surface area contributed by atoms with Gasteiger partial charge in [0, 0.05) is 27.7 Å². The normalized spacial score (nSPS) is 26.6. The second-order valence-electron chi connectivity index (χ2n) is 6.81.